The van der Waals surface area contributed by atoms with Crippen molar-refractivity contribution in [2.45, 2.75) is 33.7 Å². The number of aryl methyl sites for hydroxylation is 2. The summed E-state index contributed by atoms with van der Waals surface area (Å²) in [4.78, 5) is 28.4. The highest BCUT2D eigenvalue weighted by atomic mass is 35.5. The lowest BCUT2D eigenvalue weighted by atomic mass is 9.92. The van der Waals surface area contributed by atoms with E-state index in [0.29, 0.717) is 29.0 Å². The van der Waals surface area contributed by atoms with Gasteiger partial charge in [0.2, 0.25) is 0 Å². The molecule has 192 valence electrons. The largest absolute Gasteiger partial charge is 0.507 e. The number of aliphatic hydroxyl groups is 1. The molecule has 1 unspecified atom stereocenters. The fourth-order valence-corrected chi connectivity index (χ4v) is 4.86. The van der Waals surface area contributed by atoms with Crippen LogP contribution in [0.25, 0.3) is 5.76 Å². The fraction of sp³-hybridized carbons (Fsp3) is 0.267. The van der Waals surface area contributed by atoms with Gasteiger partial charge in [0.1, 0.15) is 17.3 Å². The molecule has 1 N–H and O–H groups in total. The van der Waals surface area contributed by atoms with E-state index in [2.05, 4.69) is 13.8 Å². The molecule has 1 fully saturated rings. The SMILES string of the molecule is COc1c(Cl)cc(C)cc1/C(O)=C1\C(=O)C(=O)N(c2ccc(OCC(C)C)cc2)C1c1ccccc1C. The van der Waals surface area contributed by atoms with Crippen molar-refractivity contribution in [2.75, 3.05) is 18.6 Å². The first-order valence-corrected chi connectivity index (χ1v) is 12.5. The lowest BCUT2D eigenvalue weighted by molar-refractivity contribution is -0.132. The second kappa shape index (κ2) is 10.7. The van der Waals surface area contributed by atoms with E-state index in [1.165, 1.54) is 12.0 Å². The quantitative estimate of drug-likeness (QED) is 0.215. The van der Waals surface area contributed by atoms with E-state index in [4.69, 9.17) is 21.1 Å². The van der Waals surface area contributed by atoms with Gasteiger partial charge >= 0.3 is 0 Å². The van der Waals surface area contributed by atoms with Crippen molar-refractivity contribution in [1.29, 1.82) is 0 Å². The van der Waals surface area contributed by atoms with Crippen LogP contribution in [0.1, 0.15) is 42.1 Å². The maximum atomic E-state index is 13.5. The zero-order valence-corrected chi connectivity index (χ0v) is 22.3. The summed E-state index contributed by atoms with van der Waals surface area (Å²) in [5.74, 6) is -0.597. The number of methoxy groups -OCH3 is 1. The minimum atomic E-state index is -0.854. The number of hydrogen-bond donors (Lipinski definition) is 1. The van der Waals surface area contributed by atoms with Crippen molar-refractivity contribution in [3.63, 3.8) is 0 Å². The Morgan fingerprint density at radius 3 is 2.35 bits per heavy atom. The third kappa shape index (κ3) is 5.07. The summed E-state index contributed by atoms with van der Waals surface area (Å²) < 4.78 is 11.2. The zero-order valence-electron chi connectivity index (χ0n) is 21.5. The molecule has 3 aromatic rings. The van der Waals surface area contributed by atoms with Crippen LogP contribution in [0.5, 0.6) is 11.5 Å². The van der Waals surface area contributed by atoms with Crippen molar-refractivity contribution in [3.8, 4) is 11.5 Å². The molecule has 37 heavy (non-hydrogen) atoms. The van der Waals surface area contributed by atoms with Crippen LogP contribution in [0.15, 0.2) is 66.2 Å². The van der Waals surface area contributed by atoms with Gasteiger partial charge in [0.25, 0.3) is 11.7 Å². The molecule has 0 aliphatic carbocycles. The average Bonchev–Trinajstić information content (AvgIpc) is 3.12. The smallest absolute Gasteiger partial charge is 0.300 e. The minimum Gasteiger partial charge on any atom is -0.507 e. The Morgan fingerprint density at radius 2 is 1.73 bits per heavy atom. The lowest BCUT2D eigenvalue weighted by Crippen LogP contribution is -2.29. The predicted octanol–water partition coefficient (Wildman–Crippen LogP) is 6.63. The van der Waals surface area contributed by atoms with Gasteiger partial charge in [-0.25, -0.2) is 0 Å². The lowest BCUT2D eigenvalue weighted by Gasteiger charge is -2.27. The molecular formula is C30H30ClNO5. The Balaban J connectivity index is 1.91. The number of rotatable bonds is 7. The number of halogens is 1. The number of aliphatic hydroxyl groups excluding tert-OH is 1. The number of nitrogens with zero attached hydrogens (tertiary/aromatic N) is 1. The highest BCUT2D eigenvalue weighted by molar-refractivity contribution is 6.51. The molecule has 0 bridgehead atoms. The van der Waals surface area contributed by atoms with Gasteiger partial charge in [0, 0.05) is 5.69 Å². The minimum absolute atomic E-state index is 0.0283. The predicted molar refractivity (Wildman–Crippen MR) is 145 cm³/mol. The van der Waals surface area contributed by atoms with Gasteiger partial charge < -0.3 is 14.6 Å². The summed E-state index contributed by atoms with van der Waals surface area (Å²) in [6, 6.07) is 17.1. The first-order chi connectivity index (χ1) is 17.6. The van der Waals surface area contributed by atoms with Crippen LogP contribution in [0.2, 0.25) is 5.02 Å². The van der Waals surface area contributed by atoms with Gasteiger partial charge in [0.15, 0.2) is 0 Å². The van der Waals surface area contributed by atoms with E-state index in [1.807, 2.05) is 38.1 Å². The molecule has 6 nitrogen and oxygen atoms in total. The number of hydrogen-bond acceptors (Lipinski definition) is 5. The van der Waals surface area contributed by atoms with Gasteiger partial charge in [-0.2, -0.15) is 0 Å². The molecule has 1 heterocycles. The number of benzene rings is 3. The highest BCUT2D eigenvalue weighted by Gasteiger charge is 2.47. The Kier molecular flexibility index (Phi) is 7.60. The van der Waals surface area contributed by atoms with Crippen molar-refractivity contribution in [3.05, 3.63) is 93.5 Å². The number of ketones is 1. The molecule has 3 aromatic carbocycles. The molecule has 0 spiro atoms. The van der Waals surface area contributed by atoms with Crippen LogP contribution in [0.4, 0.5) is 5.69 Å². The van der Waals surface area contributed by atoms with E-state index in [9.17, 15) is 14.7 Å². The number of anilines is 1. The molecule has 0 saturated carbocycles. The molecule has 4 rings (SSSR count). The van der Waals surface area contributed by atoms with E-state index < -0.39 is 17.7 Å². The highest BCUT2D eigenvalue weighted by Crippen LogP contribution is 2.45. The summed E-state index contributed by atoms with van der Waals surface area (Å²) in [7, 11) is 1.44. The summed E-state index contributed by atoms with van der Waals surface area (Å²) in [6.07, 6.45) is 0. The number of carbonyl (C=O) groups is 2. The van der Waals surface area contributed by atoms with Crippen LogP contribution in [-0.2, 0) is 9.59 Å². The van der Waals surface area contributed by atoms with Crippen LogP contribution >= 0.6 is 11.6 Å². The van der Waals surface area contributed by atoms with Gasteiger partial charge in [-0.15, -0.1) is 0 Å². The molecule has 0 aromatic heterocycles. The van der Waals surface area contributed by atoms with Crippen LogP contribution in [-0.4, -0.2) is 30.5 Å². The van der Waals surface area contributed by atoms with E-state index >= 15 is 0 Å². The maximum Gasteiger partial charge on any atom is 0.300 e. The zero-order chi connectivity index (χ0) is 26.9. The Labute approximate surface area is 222 Å². The standard InChI is InChI=1S/C30H30ClNO5/c1-17(2)16-37-21-12-10-20(11-13-21)32-26(22-9-7-6-8-19(22)4)25(28(34)30(32)35)27(33)23-14-18(3)15-24(31)29(23)36-5/h6-15,17,26,33H,16H2,1-5H3/b27-25+. The fourth-order valence-electron chi connectivity index (χ4n) is 4.51. The number of amides is 1. The van der Waals surface area contributed by atoms with Gasteiger partial charge in [-0.1, -0.05) is 49.7 Å². The van der Waals surface area contributed by atoms with E-state index in [0.717, 1.165) is 16.7 Å². The molecule has 1 atom stereocenters. The van der Waals surface area contributed by atoms with Gasteiger partial charge in [-0.3, -0.25) is 14.5 Å². The molecular weight excluding hydrogens is 490 g/mol. The number of carbonyl (C=O) groups excluding carboxylic acids is 2. The average molecular weight is 520 g/mol. The normalized spacial score (nSPS) is 16.9. The molecule has 7 heteroatoms. The second-order valence-corrected chi connectivity index (χ2v) is 9.96. The van der Waals surface area contributed by atoms with Crippen molar-refractivity contribution in [2.24, 2.45) is 5.92 Å². The molecule has 1 amide bonds. The van der Waals surface area contributed by atoms with Gasteiger partial charge in [0.05, 0.1) is 35.9 Å². The second-order valence-electron chi connectivity index (χ2n) is 9.55. The van der Waals surface area contributed by atoms with E-state index in [-0.39, 0.29) is 22.6 Å². The summed E-state index contributed by atoms with van der Waals surface area (Å²) in [5.41, 5.74) is 3.10. The van der Waals surface area contributed by atoms with Crippen LogP contribution in [0, 0.1) is 19.8 Å². The summed E-state index contributed by atoms with van der Waals surface area (Å²) >= 11 is 6.38. The molecule has 0 radical (unpaired) electrons. The number of Topliss-reactive ketones (excluding diaryl/α,β-unsaturated/α-hetero) is 1. The summed E-state index contributed by atoms with van der Waals surface area (Å²) in [5, 5.41) is 11.8. The molecule has 1 aliphatic heterocycles. The topological polar surface area (TPSA) is 76.1 Å². The number of ether oxygens (including phenoxy) is 2. The third-order valence-corrected chi connectivity index (χ3v) is 6.55. The Hall–Kier alpha value is -3.77. The first kappa shape index (κ1) is 26.3. The van der Waals surface area contributed by atoms with Gasteiger partial charge in [-0.05, 0) is 72.9 Å². The molecule has 1 saturated heterocycles. The van der Waals surface area contributed by atoms with Crippen LogP contribution < -0.4 is 14.4 Å². The monoisotopic (exact) mass is 519 g/mol. The van der Waals surface area contributed by atoms with Crippen molar-refractivity contribution in [1.82, 2.24) is 0 Å². The van der Waals surface area contributed by atoms with Crippen LogP contribution in [0.3, 0.4) is 0 Å². The summed E-state index contributed by atoms with van der Waals surface area (Å²) in [6.45, 7) is 8.41. The van der Waals surface area contributed by atoms with Crippen molar-refractivity contribution < 1.29 is 24.2 Å². The third-order valence-electron chi connectivity index (χ3n) is 6.27. The Morgan fingerprint density at radius 1 is 1.05 bits per heavy atom. The maximum absolute atomic E-state index is 13.5. The van der Waals surface area contributed by atoms with E-state index in [1.54, 1.807) is 36.4 Å². The molecule has 1 aliphatic rings. The Bertz CT molecular complexity index is 1380. The first-order valence-electron chi connectivity index (χ1n) is 12.1. The van der Waals surface area contributed by atoms with Crippen molar-refractivity contribution >= 4 is 34.7 Å².